The fraction of sp³-hybridized carbons (Fsp3) is 0.417. The van der Waals surface area contributed by atoms with E-state index in [4.69, 9.17) is 0 Å². The first-order valence-electron chi connectivity index (χ1n) is 6.08. The zero-order valence-corrected chi connectivity index (χ0v) is 13.3. The summed E-state index contributed by atoms with van der Waals surface area (Å²) in [4.78, 5) is 12.2. The predicted molar refractivity (Wildman–Crippen MR) is 85.4 cm³/mol. The second-order valence-electron chi connectivity index (χ2n) is 4.56. The maximum absolute atomic E-state index is 12.2. The van der Waals surface area contributed by atoms with Gasteiger partial charge in [-0.25, -0.2) is 0 Å². The van der Waals surface area contributed by atoms with Gasteiger partial charge in [-0.2, -0.15) is 0 Å². The molecule has 0 fully saturated rings. The van der Waals surface area contributed by atoms with E-state index >= 15 is 0 Å². The molecule has 1 atom stereocenters. The van der Waals surface area contributed by atoms with Crippen LogP contribution in [-0.2, 0) is 19.4 Å². The Hall–Kier alpha value is -1.47. The standard InChI is InChI=1S/C12H15N3O3P2/c1-4-13-8-9(14(5-6-19)12(13)18)11(17)15(10(8)16)7-20(2)3/h2,4-5,7H2,1,3H3,(H-,16,17)/p+2. The number of imidazole rings is 1. The van der Waals surface area contributed by atoms with E-state index in [-0.39, 0.29) is 24.0 Å². The van der Waals surface area contributed by atoms with Gasteiger partial charge in [-0.3, -0.25) is 0 Å². The second kappa shape index (κ2) is 5.49. The van der Waals surface area contributed by atoms with Gasteiger partial charge in [0.15, 0.2) is 0 Å². The SMILES string of the molecule is C=[P+](C)Cn1c(O)c2c(c1O)n(CC#[PH+])c(=O)n2CC. The minimum absolute atomic E-state index is 0.0952. The van der Waals surface area contributed by atoms with Crippen LogP contribution in [0.4, 0.5) is 0 Å². The number of aromatic hydroxyl groups is 2. The van der Waals surface area contributed by atoms with Crippen LogP contribution in [0.5, 0.6) is 11.8 Å². The monoisotopic (exact) mass is 313 g/mol. The summed E-state index contributed by atoms with van der Waals surface area (Å²) in [5, 5.41) is 20.6. The second-order valence-corrected chi connectivity index (χ2v) is 6.91. The molecule has 2 heterocycles. The Morgan fingerprint density at radius 1 is 1.25 bits per heavy atom. The molecule has 0 aliphatic heterocycles. The number of hydrogen-bond acceptors (Lipinski definition) is 3. The van der Waals surface area contributed by atoms with Crippen molar-refractivity contribution in [2.45, 2.75) is 26.3 Å². The van der Waals surface area contributed by atoms with Gasteiger partial charge < -0.3 is 0 Å². The number of aryl methyl sites for hydroxylation is 1. The van der Waals surface area contributed by atoms with Gasteiger partial charge in [0.2, 0.25) is 0 Å². The Balaban J connectivity index is 2.89. The summed E-state index contributed by atoms with van der Waals surface area (Å²) in [6.45, 7) is 4.35. The van der Waals surface area contributed by atoms with E-state index in [2.05, 4.69) is 20.6 Å². The summed E-state index contributed by atoms with van der Waals surface area (Å²) < 4.78 is 4.21. The summed E-state index contributed by atoms with van der Waals surface area (Å²) in [5.74, 6) is -0.205. The fourth-order valence-corrected chi connectivity index (χ4v) is 3.21. The van der Waals surface area contributed by atoms with Gasteiger partial charge >= 0.3 is 118 Å². The van der Waals surface area contributed by atoms with E-state index in [0.29, 0.717) is 23.9 Å². The van der Waals surface area contributed by atoms with Crippen molar-refractivity contribution in [1.29, 1.82) is 0 Å². The molecule has 2 rings (SSSR count). The molecule has 0 spiro atoms. The van der Waals surface area contributed by atoms with Gasteiger partial charge in [-0.15, -0.1) is 0 Å². The normalized spacial score (nSPS) is 11.8. The zero-order valence-electron chi connectivity index (χ0n) is 11.4. The molecule has 8 heteroatoms. The summed E-state index contributed by atoms with van der Waals surface area (Å²) in [5.41, 5.74) is 3.10. The molecule has 2 N–H and O–H groups in total. The van der Waals surface area contributed by atoms with Gasteiger partial charge in [-0.05, 0) is 0 Å². The molecule has 0 saturated carbocycles. The van der Waals surface area contributed by atoms with Crippen molar-refractivity contribution < 1.29 is 10.2 Å². The molecular weight excluding hydrogens is 296 g/mol. The van der Waals surface area contributed by atoms with Gasteiger partial charge in [0, 0.05) is 0 Å². The minimum atomic E-state index is -0.595. The van der Waals surface area contributed by atoms with E-state index in [1.807, 2.05) is 13.6 Å². The predicted octanol–water partition coefficient (Wildman–Crippen LogP) is 1.64. The van der Waals surface area contributed by atoms with Crippen molar-refractivity contribution in [3.63, 3.8) is 0 Å². The molecule has 0 saturated heterocycles. The summed E-state index contributed by atoms with van der Waals surface area (Å²) in [6, 6.07) is 0. The van der Waals surface area contributed by atoms with Crippen LogP contribution in [0.3, 0.4) is 0 Å². The number of rotatable bonds is 4. The summed E-state index contributed by atoms with van der Waals surface area (Å²) >= 11 is 0. The topological polar surface area (TPSA) is 72.3 Å². The molecule has 2 aromatic rings. The molecule has 6 nitrogen and oxygen atoms in total. The molecule has 2 aromatic heterocycles. The zero-order chi connectivity index (χ0) is 15.0. The maximum atomic E-state index is 12.2. The number of nitrogens with zero attached hydrogens (tertiary/aromatic N) is 3. The quantitative estimate of drug-likeness (QED) is 0.843. The Morgan fingerprint density at radius 3 is 2.25 bits per heavy atom. The third-order valence-electron chi connectivity index (χ3n) is 3.10. The molecule has 0 amide bonds. The molecule has 0 bridgehead atoms. The van der Waals surface area contributed by atoms with Crippen LogP contribution in [0.1, 0.15) is 6.92 Å². The van der Waals surface area contributed by atoms with Crippen molar-refractivity contribution >= 4 is 33.6 Å². The molecular formula is C12H17N3O3P2+2. The van der Waals surface area contributed by atoms with E-state index in [1.54, 1.807) is 0 Å². The van der Waals surface area contributed by atoms with Gasteiger partial charge in [0.05, 0.1) is 0 Å². The average molecular weight is 313 g/mol. The number of hydrogen-bond donors (Lipinski definition) is 2. The Bertz CT molecular complexity index is 792. The van der Waals surface area contributed by atoms with Gasteiger partial charge in [0.25, 0.3) is 0 Å². The first-order chi connectivity index (χ1) is 9.43. The van der Waals surface area contributed by atoms with Crippen LogP contribution in [0, 0.1) is 5.63 Å². The Labute approximate surface area is 119 Å². The molecule has 106 valence electrons. The van der Waals surface area contributed by atoms with Crippen molar-refractivity contribution in [2.24, 2.45) is 0 Å². The molecule has 0 aliphatic carbocycles. The van der Waals surface area contributed by atoms with E-state index in [1.165, 1.54) is 13.7 Å². The van der Waals surface area contributed by atoms with Crippen molar-refractivity contribution in [2.75, 3.05) is 6.66 Å². The van der Waals surface area contributed by atoms with Crippen LogP contribution in [0.2, 0.25) is 0 Å². The van der Waals surface area contributed by atoms with Gasteiger partial charge in [-0.1, -0.05) is 0 Å². The van der Waals surface area contributed by atoms with E-state index in [9.17, 15) is 15.0 Å². The number of fused-ring (bicyclic) bond motifs is 1. The molecule has 0 aromatic carbocycles. The van der Waals surface area contributed by atoms with Crippen molar-refractivity contribution in [3.8, 4) is 17.4 Å². The Kier molecular flexibility index (Phi) is 4.10. The average Bonchev–Trinajstić information content (AvgIpc) is 2.79. The summed E-state index contributed by atoms with van der Waals surface area (Å²) in [6.07, 6.45) is 4.35. The Morgan fingerprint density at radius 2 is 1.80 bits per heavy atom. The van der Waals surface area contributed by atoms with Crippen molar-refractivity contribution in [1.82, 2.24) is 13.7 Å². The van der Waals surface area contributed by atoms with Crippen LogP contribution < -0.4 is 5.69 Å². The number of aromatic nitrogens is 3. The first kappa shape index (κ1) is 14.9. The van der Waals surface area contributed by atoms with Crippen LogP contribution in [-0.4, -0.2) is 36.9 Å². The fourth-order valence-electron chi connectivity index (χ4n) is 2.30. The van der Waals surface area contributed by atoms with E-state index in [0.717, 1.165) is 0 Å². The third kappa shape index (κ3) is 2.10. The summed E-state index contributed by atoms with van der Waals surface area (Å²) in [7, 11) is 2.50. The molecule has 0 aliphatic rings. The van der Waals surface area contributed by atoms with E-state index < -0.39 is 7.55 Å². The molecule has 0 radical (unpaired) electrons. The van der Waals surface area contributed by atoms with Crippen LogP contribution >= 0.6 is 16.2 Å². The first-order valence-corrected chi connectivity index (χ1v) is 8.74. The van der Waals surface area contributed by atoms with Crippen LogP contribution in [0.25, 0.3) is 11.0 Å². The third-order valence-corrected chi connectivity index (χ3v) is 4.02. The van der Waals surface area contributed by atoms with Gasteiger partial charge in [0.1, 0.15) is 0 Å². The van der Waals surface area contributed by atoms with Crippen molar-refractivity contribution in [3.05, 3.63) is 10.5 Å². The molecule has 1 unspecified atom stereocenters. The molecule has 20 heavy (non-hydrogen) atoms. The van der Waals surface area contributed by atoms with Crippen LogP contribution in [0.15, 0.2) is 4.79 Å².